The molecule has 0 fully saturated rings. The van der Waals surface area contributed by atoms with Gasteiger partial charge in [-0.2, -0.15) is 0 Å². The van der Waals surface area contributed by atoms with Crippen LogP contribution in [0.3, 0.4) is 0 Å². The van der Waals surface area contributed by atoms with Gasteiger partial charge in [0.15, 0.2) is 9.84 Å². The average molecular weight is 221 g/mol. The van der Waals surface area contributed by atoms with Crippen molar-refractivity contribution in [3.05, 3.63) is 10.0 Å². The van der Waals surface area contributed by atoms with Gasteiger partial charge in [-0.1, -0.05) is 0 Å². The lowest BCUT2D eigenvalue weighted by molar-refractivity contribution is 0.600. The van der Waals surface area contributed by atoms with Crippen LogP contribution in [0.4, 0.5) is 0 Å². The molecule has 0 aliphatic carbocycles. The van der Waals surface area contributed by atoms with Crippen molar-refractivity contribution in [1.29, 1.82) is 0 Å². The Morgan fingerprint density at radius 3 is 2.54 bits per heavy atom. The van der Waals surface area contributed by atoms with Crippen LogP contribution in [0.15, 0.2) is 0 Å². The zero-order chi connectivity index (χ0) is 9.90. The van der Waals surface area contributed by atoms with E-state index in [4.69, 9.17) is 5.73 Å². The Kier molecular flexibility index (Phi) is 3.34. The van der Waals surface area contributed by atoms with E-state index in [1.807, 2.05) is 0 Å². The highest BCUT2D eigenvalue weighted by molar-refractivity contribution is 7.90. The lowest BCUT2D eigenvalue weighted by Gasteiger charge is -1.89. The van der Waals surface area contributed by atoms with E-state index in [-0.39, 0.29) is 5.75 Å². The molecule has 1 aromatic heterocycles. The SMILES string of the molecule is CS(=O)(=O)Cc1nnc(CCN)s1. The van der Waals surface area contributed by atoms with Crippen LogP contribution in [0.1, 0.15) is 10.0 Å². The van der Waals surface area contributed by atoms with E-state index in [0.717, 1.165) is 5.01 Å². The molecule has 74 valence electrons. The summed E-state index contributed by atoms with van der Waals surface area (Å²) in [5.41, 5.74) is 5.32. The van der Waals surface area contributed by atoms with E-state index in [1.165, 1.54) is 17.6 Å². The molecular formula is C6H11N3O2S2. The van der Waals surface area contributed by atoms with Crippen molar-refractivity contribution in [2.24, 2.45) is 5.73 Å². The van der Waals surface area contributed by atoms with Gasteiger partial charge in [0, 0.05) is 12.7 Å². The molecule has 0 unspecified atom stereocenters. The number of nitrogens with zero attached hydrogens (tertiary/aromatic N) is 2. The number of hydrogen-bond acceptors (Lipinski definition) is 6. The molecule has 1 rings (SSSR count). The summed E-state index contributed by atoms with van der Waals surface area (Å²) in [7, 11) is -3.00. The molecular weight excluding hydrogens is 210 g/mol. The van der Waals surface area contributed by atoms with Crippen LogP contribution in [-0.4, -0.2) is 31.4 Å². The van der Waals surface area contributed by atoms with Crippen LogP contribution in [0.25, 0.3) is 0 Å². The van der Waals surface area contributed by atoms with Crippen LogP contribution < -0.4 is 5.73 Å². The fourth-order valence-corrected chi connectivity index (χ4v) is 2.83. The molecule has 7 heteroatoms. The van der Waals surface area contributed by atoms with Gasteiger partial charge in [-0.3, -0.25) is 0 Å². The number of hydrogen-bond donors (Lipinski definition) is 1. The summed E-state index contributed by atoms with van der Waals surface area (Å²) in [6.45, 7) is 0.507. The average Bonchev–Trinajstić information content (AvgIpc) is 2.33. The Hall–Kier alpha value is -0.530. The molecule has 0 amide bonds. The predicted molar refractivity (Wildman–Crippen MR) is 51.2 cm³/mol. The van der Waals surface area contributed by atoms with Crippen molar-refractivity contribution >= 4 is 21.2 Å². The summed E-state index contributed by atoms with van der Waals surface area (Å²) in [4.78, 5) is 0. The van der Waals surface area contributed by atoms with Crippen LogP contribution >= 0.6 is 11.3 Å². The first kappa shape index (κ1) is 10.6. The predicted octanol–water partition coefficient (Wildman–Crippen LogP) is -0.416. The maximum atomic E-state index is 10.9. The third kappa shape index (κ3) is 3.79. The summed E-state index contributed by atoms with van der Waals surface area (Å²) >= 11 is 1.30. The van der Waals surface area contributed by atoms with Gasteiger partial charge in [0.05, 0.1) is 0 Å². The Labute approximate surface area is 80.9 Å². The molecule has 13 heavy (non-hydrogen) atoms. The second-order valence-electron chi connectivity index (χ2n) is 2.70. The molecule has 2 N–H and O–H groups in total. The van der Waals surface area contributed by atoms with E-state index >= 15 is 0 Å². The van der Waals surface area contributed by atoms with Crippen molar-refractivity contribution in [3.8, 4) is 0 Å². The fraction of sp³-hybridized carbons (Fsp3) is 0.667. The summed E-state index contributed by atoms with van der Waals surface area (Å²) in [5, 5.41) is 8.89. The summed E-state index contributed by atoms with van der Waals surface area (Å²) in [5.74, 6) is -0.0325. The van der Waals surface area contributed by atoms with Crippen LogP contribution in [-0.2, 0) is 22.0 Å². The fourth-order valence-electron chi connectivity index (χ4n) is 0.795. The van der Waals surface area contributed by atoms with Gasteiger partial charge >= 0.3 is 0 Å². The number of rotatable bonds is 4. The molecule has 1 heterocycles. The summed E-state index contributed by atoms with van der Waals surface area (Å²) < 4.78 is 21.8. The number of sulfone groups is 1. The van der Waals surface area contributed by atoms with Gasteiger partial charge in [-0.25, -0.2) is 8.42 Å². The maximum Gasteiger partial charge on any atom is 0.154 e. The minimum atomic E-state index is -3.00. The zero-order valence-electron chi connectivity index (χ0n) is 7.23. The van der Waals surface area contributed by atoms with Gasteiger partial charge < -0.3 is 5.73 Å². The first-order chi connectivity index (χ1) is 6.01. The van der Waals surface area contributed by atoms with Crippen LogP contribution in [0, 0.1) is 0 Å². The van der Waals surface area contributed by atoms with E-state index in [0.29, 0.717) is 18.0 Å². The third-order valence-corrected chi connectivity index (χ3v) is 3.22. The molecule has 0 bridgehead atoms. The second-order valence-corrected chi connectivity index (χ2v) is 5.99. The van der Waals surface area contributed by atoms with E-state index < -0.39 is 9.84 Å². The lowest BCUT2D eigenvalue weighted by atomic mass is 10.5. The van der Waals surface area contributed by atoms with E-state index in [2.05, 4.69) is 10.2 Å². The molecule has 1 aromatic rings. The molecule has 5 nitrogen and oxygen atoms in total. The van der Waals surface area contributed by atoms with Gasteiger partial charge in [0.1, 0.15) is 15.8 Å². The van der Waals surface area contributed by atoms with E-state index in [1.54, 1.807) is 0 Å². The Balaban J connectivity index is 2.69. The zero-order valence-corrected chi connectivity index (χ0v) is 8.86. The standard InChI is InChI=1S/C6H11N3O2S2/c1-13(10,11)4-6-9-8-5(12-6)2-3-7/h2-4,7H2,1H3. The monoisotopic (exact) mass is 221 g/mol. The summed E-state index contributed by atoms with van der Waals surface area (Å²) in [6, 6.07) is 0. The number of nitrogens with two attached hydrogens (primary N) is 1. The highest BCUT2D eigenvalue weighted by atomic mass is 32.2. The number of aromatic nitrogens is 2. The first-order valence-electron chi connectivity index (χ1n) is 3.70. The molecule has 0 saturated carbocycles. The molecule has 0 saturated heterocycles. The van der Waals surface area contributed by atoms with Crippen LogP contribution in [0.5, 0.6) is 0 Å². The maximum absolute atomic E-state index is 10.9. The molecule has 0 aliphatic heterocycles. The first-order valence-corrected chi connectivity index (χ1v) is 6.58. The smallest absolute Gasteiger partial charge is 0.154 e. The van der Waals surface area contributed by atoms with Crippen molar-refractivity contribution < 1.29 is 8.42 Å². The normalized spacial score (nSPS) is 11.8. The van der Waals surface area contributed by atoms with Crippen LogP contribution in [0.2, 0.25) is 0 Å². The molecule has 0 atom stereocenters. The topological polar surface area (TPSA) is 85.9 Å². The lowest BCUT2D eigenvalue weighted by Crippen LogP contribution is -2.01. The molecule has 0 aliphatic rings. The van der Waals surface area contributed by atoms with Crippen molar-refractivity contribution in [2.45, 2.75) is 12.2 Å². The van der Waals surface area contributed by atoms with Gasteiger partial charge in [0.25, 0.3) is 0 Å². The Bertz CT molecular complexity index is 371. The largest absolute Gasteiger partial charge is 0.330 e. The second kappa shape index (κ2) is 4.12. The highest BCUT2D eigenvalue weighted by Crippen LogP contribution is 2.12. The third-order valence-electron chi connectivity index (χ3n) is 1.25. The van der Waals surface area contributed by atoms with Crippen molar-refractivity contribution in [1.82, 2.24) is 10.2 Å². The van der Waals surface area contributed by atoms with Gasteiger partial charge in [-0.15, -0.1) is 21.5 Å². The Morgan fingerprint density at radius 2 is 2.00 bits per heavy atom. The highest BCUT2D eigenvalue weighted by Gasteiger charge is 2.09. The minimum absolute atomic E-state index is 0.0325. The Morgan fingerprint density at radius 1 is 1.38 bits per heavy atom. The molecule has 0 spiro atoms. The van der Waals surface area contributed by atoms with Crippen molar-refractivity contribution in [3.63, 3.8) is 0 Å². The van der Waals surface area contributed by atoms with E-state index in [9.17, 15) is 8.42 Å². The molecule has 0 aromatic carbocycles. The molecule has 0 radical (unpaired) electrons. The summed E-state index contributed by atoms with van der Waals surface area (Å²) in [6.07, 6.45) is 1.83. The van der Waals surface area contributed by atoms with Gasteiger partial charge in [-0.05, 0) is 6.54 Å². The quantitative estimate of drug-likeness (QED) is 0.746. The van der Waals surface area contributed by atoms with Gasteiger partial charge in [0.2, 0.25) is 0 Å². The van der Waals surface area contributed by atoms with Crippen molar-refractivity contribution in [2.75, 3.05) is 12.8 Å². The minimum Gasteiger partial charge on any atom is -0.330 e.